The number of aliphatic carboxylic acids is 1. The molecular formula is C10H11N2O8P. The van der Waals surface area contributed by atoms with E-state index in [1.165, 1.54) is 0 Å². The molecule has 1 rings (SSSR count). The third kappa shape index (κ3) is 5.30. The monoisotopic (exact) mass is 318 g/mol. The summed E-state index contributed by atoms with van der Waals surface area (Å²) in [5, 5.41) is 19.1. The molecule has 0 unspecified atom stereocenters. The Morgan fingerprint density at radius 3 is 2.14 bits per heavy atom. The van der Waals surface area contributed by atoms with Crippen molar-refractivity contribution in [1.82, 2.24) is 4.90 Å². The minimum absolute atomic E-state index is 0.115. The standard InChI is InChI=1S/C10H11N2O8P/c13-9(14)5-11(6-21(18,19)20)10(15)7-1-3-8(4-2-7)12(16)17/h1-4H,5-6H2,(H,13,14)(H2,18,19,20). The van der Waals surface area contributed by atoms with Crippen molar-refractivity contribution in [2.45, 2.75) is 0 Å². The molecule has 3 N–H and O–H groups in total. The van der Waals surface area contributed by atoms with Gasteiger partial charge in [-0.2, -0.15) is 0 Å². The normalized spacial score (nSPS) is 11.0. The van der Waals surface area contributed by atoms with Gasteiger partial charge in [-0.1, -0.05) is 0 Å². The van der Waals surface area contributed by atoms with Crippen LogP contribution in [0.15, 0.2) is 24.3 Å². The smallest absolute Gasteiger partial charge is 0.344 e. The highest BCUT2D eigenvalue weighted by atomic mass is 31.2. The van der Waals surface area contributed by atoms with Crippen LogP contribution in [0, 0.1) is 10.1 Å². The van der Waals surface area contributed by atoms with Gasteiger partial charge >= 0.3 is 13.6 Å². The minimum atomic E-state index is -4.64. The van der Waals surface area contributed by atoms with Crippen molar-refractivity contribution < 1.29 is 34.0 Å². The molecule has 0 saturated heterocycles. The maximum Gasteiger partial charge on any atom is 0.344 e. The van der Waals surface area contributed by atoms with Crippen LogP contribution < -0.4 is 0 Å². The summed E-state index contributed by atoms with van der Waals surface area (Å²) >= 11 is 0. The van der Waals surface area contributed by atoms with E-state index in [2.05, 4.69) is 0 Å². The van der Waals surface area contributed by atoms with Gasteiger partial charge in [-0.15, -0.1) is 0 Å². The fourth-order valence-electron chi connectivity index (χ4n) is 1.48. The minimum Gasteiger partial charge on any atom is -0.480 e. The lowest BCUT2D eigenvalue weighted by Gasteiger charge is -2.21. The topological polar surface area (TPSA) is 158 Å². The van der Waals surface area contributed by atoms with Crippen LogP contribution in [0.1, 0.15) is 10.4 Å². The van der Waals surface area contributed by atoms with Gasteiger partial charge in [0.15, 0.2) is 0 Å². The van der Waals surface area contributed by atoms with E-state index < -0.39 is 37.2 Å². The second kappa shape index (κ2) is 6.44. The number of carboxylic acids is 1. The summed E-state index contributed by atoms with van der Waals surface area (Å²) in [6, 6.07) is 4.22. The number of carboxylic acid groups (broad SMARTS) is 1. The van der Waals surface area contributed by atoms with E-state index in [9.17, 15) is 24.3 Å². The molecule has 0 aliphatic heterocycles. The molecule has 0 aromatic heterocycles. The Bertz CT molecular complexity index is 608. The molecule has 1 aromatic carbocycles. The number of benzene rings is 1. The molecule has 0 radical (unpaired) electrons. The fraction of sp³-hybridized carbons (Fsp3) is 0.200. The number of non-ortho nitro benzene ring substituents is 1. The van der Waals surface area contributed by atoms with E-state index in [0.717, 1.165) is 24.3 Å². The maximum atomic E-state index is 12.0. The number of carbonyl (C=O) groups excluding carboxylic acids is 1. The molecule has 0 aliphatic rings. The Labute approximate surface area is 117 Å². The highest BCUT2D eigenvalue weighted by Crippen LogP contribution is 2.35. The highest BCUT2D eigenvalue weighted by molar-refractivity contribution is 7.51. The number of nitro groups is 1. The van der Waals surface area contributed by atoms with Gasteiger partial charge in [0.25, 0.3) is 11.6 Å². The summed E-state index contributed by atoms with van der Waals surface area (Å²) in [7, 11) is -4.64. The fourth-order valence-corrected chi connectivity index (χ4v) is 2.15. The SMILES string of the molecule is O=C(O)CN(CP(=O)(O)O)C(=O)c1ccc([N+](=O)[O-])cc1. The number of carbonyl (C=O) groups is 2. The predicted molar refractivity (Wildman–Crippen MR) is 68.7 cm³/mol. The van der Waals surface area contributed by atoms with Crippen LogP contribution in [0.2, 0.25) is 0 Å². The largest absolute Gasteiger partial charge is 0.480 e. The third-order valence-electron chi connectivity index (χ3n) is 2.29. The molecule has 0 atom stereocenters. The maximum absolute atomic E-state index is 12.0. The van der Waals surface area contributed by atoms with Crippen molar-refractivity contribution >= 4 is 25.2 Å². The predicted octanol–water partition coefficient (Wildman–Crippen LogP) is 0.257. The lowest BCUT2D eigenvalue weighted by Crippen LogP contribution is -2.36. The number of hydrogen-bond donors (Lipinski definition) is 3. The van der Waals surface area contributed by atoms with Gasteiger partial charge in [-0.25, -0.2) is 0 Å². The molecule has 0 saturated carbocycles. The molecule has 0 aliphatic carbocycles. The van der Waals surface area contributed by atoms with Gasteiger partial charge in [0.2, 0.25) is 0 Å². The van der Waals surface area contributed by atoms with Gasteiger partial charge in [0, 0.05) is 17.7 Å². The molecular weight excluding hydrogens is 307 g/mol. The zero-order chi connectivity index (χ0) is 16.2. The Morgan fingerprint density at radius 2 is 1.76 bits per heavy atom. The van der Waals surface area contributed by atoms with Crippen LogP contribution in [-0.4, -0.2) is 49.4 Å². The molecule has 0 bridgehead atoms. The molecule has 10 nitrogen and oxygen atoms in total. The average Bonchev–Trinajstić information content (AvgIpc) is 2.35. The summed E-state index contributed by atoms with van der Waals surface area (Å²) in [5.41, 5.74) is -0.387. The first-order valence-corrected chi connectivity index (χ1v) is 7.20. The molecule has 1 amide bonds. The molecule has 1 aromatic rings. The van der Waals surface area contributed by atoms with E-state index in [0.29, 0.717) is 4.90 Å². The van der Waals surface area contributed by atoms with E-state index in [-0.39, 0.29) is 11.3 Å². The van der Waals surface area contributed by atoms with Crippen LogP contribution in [-0.2, 0) is 9.36 Å². The number of hydrogen-bond acceptors (Lipinski definition) is 5. The van der Waals surface area contributed by atoms with E-state index in [1.807, 2.05) is 0 Å². The second-order valence-electron chi connectivity index (χ2n) is 4.01. The van der Waals surface area contributed by atoms with Crippen LogP contribution in [0.3, 0.4) is 0 Å². The van der Waals surface area contributed by atoms with Gasteiger partial charge in [-0.3, -0.25) is 24.3 Å². The lowest BCUT2D eigenvalue weighted by molar-refractivity contribution is -0.384. The number of rotatable bonds is 6. The number of amides is 1. The van der Waals surface area contributed by atoms with Crippen molar-refractivity contribution in [3.63, 3.8) is 0 Å². The van der Waals surface area contributed by atoms with Crippen molar-refractivity contribution in [2.75, 3.05) is 12.8 Å². The summed E-state index contributed by atoms with van der Waals surface area (Å²) in [6.45, 7) is -0.902. The van der Waals surface area contributed by atoms with E-state index >= 15 is 0 Å². The van der Waals surface area contributed by atoms with Crippen LogP contribution >= 0.6 is 7.60 Å². The van der Waals surface area contributed by atoms with Crippen molar-refractivity contribution in [3.8, 4) is 0 Å². The van der Waals surface area contributed by atoms with Crippen LogP contribution in [0.5, 0.6) is 0 Å². The Hall–Kier alpha value is -2.29. The highest BCUT2D eigenvalue weighted by Gasteiger charge is 2.26. The van der Waals surface area contributed by atoms with E-state index in [1.54, 1.807) is 0 Å². The quantitative estimate of drug-likeness (QED) is 0.382. The molecule has 11 heteroatoms. The van der Waals surface area contributed by atoms with E-state index in [4.69, 9.17) is 14.9 Å². The number of nitro benzene ring substituents is 1. The molecule has 0 spiro atoms. The third-order valence-corrected chi connectivity index (χ3v) is 3.00. The second-order valence-corrected chi connectivity index (χ2v) is 5.62. The van der Waals surface area contributed by atoms with Crippen molar-refractivity contribution in [2.24, 2.45) is 0 Å². The Balaban J connectivity index is 3.01. The summed E-state index contributed by atoms with van der Waals surface area (Å²) in [6.07, 6.45) is -1.06. The van der Waals surface area contributed by atoms with Crippen molar-refractivity contribution in [1.29, 1.82) is 0 Å². The lowest BCUT2D eigenvalue weighted by atomic mass is 10.2. The average molecular weight is 318 g/mol. The van der Waals surface area contributed by atoms with Crippen LogP contribution in [0.25, 0.3) is 0 Å². The first-order chi connectivity index (χ1) is 9.60. The van der Waals surface area contributed by atoms with Crippen LogP contribution in [0.4, 0.5) is 5.69 Å². The zero-order valence-corrected chi connectivity index (χ0v) is 11.3. The van der Waals surface area contributed by atoms with Gasteiger partial charge in [-0.05, 0) is 12.1 Å². The summed E-state index contributed by atoms with van der Waals surface area (Å²) in [5.74, 6) is -2.39. The van der Waals surface area contributed by atoms with Gasteiger partial charge < -0.3 is 19.8 Å². The Kier molecular flexibility index (Phi) is 5.14. The molecule has 21 heavy (non-hydrogen) atoms. The molecule has 0 fully saturated rings. The summed E-state index contributed by atoms with van der Waals surface area (Å²) in [4.78, 5) is 50.6. The zero-order valence-electron chi connectivity index (χ0n) is 10.4. The number of nitrogens with zero attached hydrogens (tertiary/aromatic N) is 2. The first-order valence-electron chi connectivity index (χ1n) is 5.40. The first kappa shape index (κ1) is 16.8. The summed E-state index contributed by atoms with van der Waals surface area (Å²) < 4.78 is 10.9. The Morgan fingerprint density at radius 1 is 1.24 bits per heavy atom. The van der Waals surface area contributed by atoms with Crippen molar-refractivity contribution in [3.05, 3.63) is 39.9 Å². The van der Waals surface area contributed by atoms with Gasteiger partial charge in [0.05, 0.1) is 4.92 Å². The van der Waals surface area contributed by atoms with Gasteiger partial charge in [0.1, 0.15) is 12.8 Å². The molecule has 114 valence electrons. The molecule has 0 heterocycles.